The van der Waals surface area contributed by atoms with Crippen LogP contribution in [0.2, 0.25) is 18.1 Å². The topological polar surface area (TPSA) is 73.9 Å². The van der Waals surface area contributed by atoms with Crippen LogP contribution in [0.1, 0.15) is 58.4 Å². The zero-order valence-corrected chi connectivity index (χ0v) is 20.7. The molecule has 0 atom stereocenters. The molecule has 1 aliphatic rings. The second-order valence-corrected chi connectivity index (χ2v) is 14.8. The highest BCUT2D eigenvalue weighted by Crippen LogP contribution is 2.36. The molecule has 1 fully saturated rings. The third-order valence-electron chi connectivity index (χ3n) is 6.45. The number of rotatable bonds is 9. The van der Waals surface area contributed by atoms with Crippen molar-refractivity contribution in [2.75, 3.05) is 13.2 Å². The van der Waals surface area contributed by atoms with Crippen LogP contribution in [0.25, 0.3) is 0 Å². The molecule has 1 aromatic carbocycles. The van der Waals surface area contributed by atoms with Crippen LogP contribution < -0.4 is 5.32 Å². The maximum Gasteiger partial charge on any atom is 0.407 e. The van der Waals surface area contributed by atoms with Gasteiger partial charge in [-0.25, -0.2) is 4.79 Å². The second-order valence-electron chi connectivity index (χ2n) is 9.96. The average molecular weight is 450 g/mol. The molecule has 0 saturated heterocycles. The molecule has 0 aromatic heterocycles. The summed E-state index contributed by atoms with van der Waals surface area (Å²) >= 11 is 0. The Labute approximate surface area is 188 Å². The van der Waals surface area contributed by atoms with Crippen molar-refractivity contribution in [2.45, 2.75) is 83.7 Å². The molecular formula is C24H39NO5Si. The summed E-state index contributed by atoms with van der Waals surface area (Å²) in [5.41, 5.74) is 0.967. The van der Waals surface area contributed by atoms with Gasteiger partial charge in [-0.2, -0.15) is 0 Å². The van der Waals surface area contributed by atoms with Crippen LogP contribution in [0.15, 0.2) is 30.3 Å². The first kappa shape index (κ1) is 25.4. The summed E-state index contributed by atoms with van der Waals surface area (Å²) in [5, 5.41) is 3.09. The number of ether oxygens (including phenoxy) is 2. The molecule has 31 heavy (non-hydrogen) atoms. The maximum atomic E-state index is 12.2. The second kappa shape index (κ2) is 11.7. The Bertz CT molecular complexity index is 694. The van der Waals surface area contributed by atoms with E-state index in [1.165, 1.54) is 0 Å². The van der Waals surface area contributed by atoms with Gasteiger partial charge in [0.2, 0.25) is 0 Å². The van der Waals surface area contributed by atoms with Gasteiger partial charge in [-0.1, -0.05) is 51.1 Å². The van der Waals surface area contributed by atoms with Gasteiger partial charge in [-0.15, -0.1) is 0 Å². The van der Waals surface area contributed by atoms with E-state index in [-0.39, 0.29) is 29.7 Å². The summed E-state index contributed by atoms with van der Waals surface area (Å²) in [7, 11) is -1.80. The molecule has 1 saturated carbocycles. The van der Waals surface area contributed by atoms with Gasteiger partial charge < -0.3 is 19.2 Å². The highest BCUT2D eigenvalue weighted by molar-refractivity contribution is 6.74. The van der Waals surface area contributed by atoms with Crippen LogP contribution in [-0.2, 0) is 25.3 Å². The zero-order valence-electron chi connectivity index (χ0n) is 19.7. The Hall–Kier alpha value is -1.86. The van der Waals surface area contributed by atoms with Gasteiger partial charge in [0.1, 0.15) is 13.2 Å². The van der Waals surface area contributed by atoms with Crippen molar-refractivity contribution in [1.29, 1.82) is 0 Å². The van der Waals surface area contributed by atoms with Gasteiger partial charge in [0.15, 0.2) is 8.32 Å². The van der Waals surface area contributed by atoms with E-state index >= 15 is 0 Å². The molecule has 1 aliphatic carbocycles. The van der Waals surface area contributed by atoms with E-state index in [0.29, 0.717) is 25.6 Å². The van der Waals surface area contributed by atoms with Crippen LogP contribution in [0.3, 0.4) is 0 Å². The van der Waals surface area contributed by atoms with Crippen LogP contribution in [0, 0.1) is 5.92 Å². The lowest BCUT2D eigenvalue weighted by Gasteiger charge is -2.36. The Balaban J connectivity index is 1.57. The van der Waals surface area contributed by atoms with E-state index in [1.807, 2.05) is 30.3 Å². The van der Waals surface area contributed by atoms with Crippen molar-refractivity contribution in [2.24, 2.45) is 5.92 Å². The Morgan fingerprint density at radius 1 is 1.00 bits per heavy atom. The van der Waals surface area contributed by atoms with Crippen LogP contribution >= 0.6 is 0 Å². The third-order valence-corrected chi connectivity index (χ3v) is 11.0. The fraction of sp³-hybridized carbons (Fsp3) is 0.667. The van der Waals surface area contributed by atoms with Crippen molar-refractivity contribution in [1.82, 2.24) is 5.32 Å². The average Bonchev–Trinajstić information content (AvgIpc) is 2.71. The fourth-order valence-corrected chi connectivity index (χ4v) is 4.43. The SMILES string of the molecule is CC(C)(C)[Si](C)(C)OCCOC(=O)CC1CCC(NC(=O)OCc2ccccc2)CC1. The van der Waals surface area contributed by atoms with Crippen molar-refractivity contribution in [3.63, 3.8) is 0 Å². The lowest BCUT2D eigenvalue weighted by molar-refractivity contribution is -0.145. The number of carbonyl (C=O) groups is 2. The first-order chi connectivity index (χ1) is 14.6. The molecule has 6 nitrogen and oxygen atoms in total. The summed E-state index contributed by atoms with van der Waals surface area (Å²) in [4.78, 5) is 24.2. The van der Waals surface area contributed by atoms with Crippen molar-refractivity contribution < 1.29 is 23.5 Å². The highest BCUT2D eigenvalue weighted by atomic mass is 28.4. The van der Waals surface area contributed by atoms with Gasteiger partial charge in [-0.3, -0.25) is 4.79 Å². The van der Waals surface area contributed by atoms with Crippen LogP contribution in [0.5, 0.6) is 0 Å². The fourth-order valence-electron chi connectivity index (χ4n) is 3.41. The Kier molecular flexibility index (Phi) is 9.56. The van der Waals surface area contributed by atoms with Crippen molar-refractivity contribution >= 4 is 20.4 Å². The summed E-state index contributed by atoms with van der Waals surface area (Å²) in [6, 6.07) is 9.73. The van der Waals surface area contributed by atoms with E-state index < -0.39 is 8.32 Å². The minimum atomic E-state index is -1.80. The third kappa shape index (κ3) is 9.03. The monoisotopic (exact) mass is 449 g/mol. The number of alkyl carbamates (subject to hydrolysis) is 1. The van der Waals surface area contributed by atoms with Gasteiger partial charge >= 0.3 is 12.1 Å². The first-order valence-corrected chi connectivity index (χ1v) is 14.2. The molecule has 0 radical (unpaired) electrons. The predicted octanol–water partition coefficient (Wildman–Crippen LogP) is 5.43. The van der Waals surface area contributed by atoms with E-state index in [0.717, 1.165) is 31.2 Å². The van der Waals surface area contributed by atoms with Crippen molar-refractivity contribution in [3.05, 3.63) is 35.9 Å². The minimum absolute atomic E-state index is 0.105. The van der Waals surface area contributed by atoms with Crippen LogP contribution in [0.4, 0.5) is 4.79 Å². The molecule has 1 aromatic rings. The van der Waals surface area contributed by atoms with E-state index in [9.17, 15) is 9.59 Å². The quantitative estimate of drug-likeness (QED) is 0.309. The van der Waals surface area contributed by atoms with E-state index in [2.05, 4.69) is 39.2 Å². The highest BCUT2D eigenvalue weighted by Gasteiger charge is 2.37. The minimum Gasteiger partial charge on any atom is -0.463 e. The summed E-state index contributed by atoms with van der Waals surface area (Å²) in [6.45, 7) is 12.0. The maximum absolute atomic E-state index is 12.2. The molecule has 2 rings (SSSR count). The number of esters is 1. The summed E-state index contributed by atoms with van der Waals surface area (Å²) < 4.78 is 16.7. The lowest BCUT2D eigenvalue weighted by Crippen LogP contribution is -2.41. The molecule has 1 N–H and O–H groups in total. The molecule has 1 amide bonds. The first-order valence-electron chi connectivity index (χ1n) is 11.3. The number of hydrogen-bond acceptors (Lipinski definition) is 5. The molecule has 0 aliphatic heterocycles. The summed E-state index contributed by atoms with van der Waals surface area (Å²) in [6.07, 6.45) is 3.57. The Morgan fingerprint density at radius 2 is 1.65 bits per heavy atom. The standard InChI is InChI=1S/C24H39NO5Si/c1-24(2,3)31(4,5)30-16-15-28-22(26)17-19-11-13-21(14-12-19)25-23(27)29-18-20-9-7-6-8-10-20/h6-10,19,21H,11-18H2,1-5H3,(H,25,27). The van der Waals surface area contributed by atoms with Crippen molar-refractivity contribution in [3.8, 4) is 0 Å². The number of amides is 1. The molecule has 0 bridgehead atoms. The predicted molar refractivity (Wildman–Crippen MR) is 124 cm³/mol. The molecule has 0 heterocycles. The molecular weight excluding hydrogens is 410 g/mol. The number of carbonyl (C=O) groups excluding carboxylic acids is 2. The van der Waals surface area contributed by atoms with E-state index in [4.69, 9.17) is 13.9 Å². The number of hydrogen-bond donors (Lipinski definition) is 1. The smallest absolute Gasteiger partial charge is 0.407 e. The van der Waals surface area contributed by atoms with Gasteiger partial charge in [0.25, 0.3) is 0 Å². The summed E-state index contributed by atoms with van der Waals surface area (Å²) in [5.74, 6) is 0.157. The molecule has 0 unspecified atom stereocenters. The number of nitrogens with one attached hydrogen (secondary N) is 1. The van der Waals surface area contributed by atoms with Gasteiger partial charge in [-0.05, 0) is 55.3 Å². The molecule has 174 valence electrons. The normalized spacial score (nSPS) is 19.5. The van der Waals surface area contributed by atoms with Gasteiger partial charge in [0.05, 0.1) is 6.61 Å². The zero-order chi connectivity index (χ0) is 22.9. The van der Waals surface area contributed by atoms with Crippen LogP contribution in [-0.4, -0.2) is 39.6 Å². The van der Waals surface area contributed by atoms with E-state index in [1.54, 1.807) is 0 Å². The Morgan fingerprint density at radius 3 is 2.26 bits per heavy atom. The van der Waals surface area contributed by atoms with Gasteiger partial charge in [0, 0.05) is 12.5 Å². The molecule has 7 heteroatoms. The number of benzene rings is 1. The lowest BCUT2D eigenvalue weighted by atomic mass is 9.84. The largest absolute Gasteiger partial charge is 0.463 e. The molecule has 0 spiro atoms.